The SMILES string of the molecule is COCCN(CC(C)C)c1ncccc1CBr. The molecule has 0 amide bonds. The minimum atomic E-state index is 0.608. The second-order valence-electron chi connectivity index (χ2n) is 4.45. The fraction of sp³-hybridized carbons (Fsp3) is 0.615. The first-order chi connectivity index (χ1) is 8.19. The Bertz CT molecular complexity index is 331. The summed E-state index contributed by atoms with van der Waals surface area (Å²) in [6.07, 6.45) is 1.85. The van der Waals surface area contributed by atoms with Crippen LogP contribution in [0.15, 0.2) is 18.3 Å². The van der Waals surface area contributed by atoms with Crippen LogP contribution in [-0.2, 0) is 10.1 Å². The molecule has 0 saturated heterocycles. The number of hydrogen-bond donors (Lipinski definition) is 0. The minimum absolute atomic E-state index is 0.608. The third-order valence-corrected chi connectivity index (χ3v) is 3.07. The number of halogens is 1. The van der Waals surface area contributed by atoms with E-state index in [0.717, 1.165) is 30.8 Å². The van der Waals surface area contributed by atoms with E-state index in [1.807, 2.05) is 12.3 Å². The first kappa shape index (κ1) is 14.5. The van der Waals surface area contributed by atoms with E-state index < -0.39 is 0 Å². The molecular formula is C13H21BrN2O. The molecule has 0 N–H and O–H groups in total. The van der Waals surface area contributed by atoms with Gasteiger partial charge in [0.05, 0.1) is 6.61 Å². The van der Waals surface area contributed by atoms with Gasteiger partial charge in [-0.25, -0.2) is 4.98 Å². The lowest BCUT2D eigenvalue weighted by Gasteiger charge is -2.27. The predicted molar refractivity (Wildman–Crippen MR) is 75.8 cm³/mol. The second-order valence-corrected chi connectivity index (χ2v) is 5.01. The average molecular weight is 301 g/mol. The zero-order chi connectivity index (χ0) is 12.7. The summed E-state index contributed by atoms with van der Waals surface area (Å²) in [4.78, 5) is 6.79. The van der Waals surface area contributed by atoms with Crippen LogP contribution < -0.4 is 4.90 Å². The average Bonchev–Trinajstić information content (AvgIpc) is 2.34. The standard InChI is InChI=1S/C13H21BrN2O/c1-11(2)10-16(7-8-17-3)13-12(9-14)5-4-6-15-13/h4-6,11H,7-10H2,1-3H3. The maximum atomic E-state index is 5.17. The van der Waals surface area contributed by atoms with E-state index in [2.05, 4.69) is 45.7 Å². The monoisotopic (exact) mass is 300 g/mol. The highest BCUT2D eigenvalue weighted by Gasteiger charge is 2.13. The number of ether oxygens (including phenoxy) is 1. The van der Waals surface area contributed by atoms with Gasteiger partial charge in [0.1, 0.15) is 5.82 Å². The van der Waals surface area contributed by atoms with E-state index in [-0.39, 0.29) is 0 Å². The number of pyridine rings is 1. The summed E-state index contributed by atoms with van der Waals surface area (Å²) in [5.74, 6) is 1.67. The van der Waals surface area contributed by atoms with E-state index >= 15 is 0 Å². The van der Waals surface area contributed by atoms with Gasteiger partial charge in [0.25, 0.3) is 0 Å². The van der Waals surface area contributed by atoms with E-state index in [4.69, 9.17) is 4.74 Å². The summed E-state index contributed by atoms with van der Waals surface area (Å²) in [6, 6.07) is 4.08. The lowest BCUT2D eigenvalue weighted by atomic mass is 10.2. The molecule has 1 heterocycles. The van der Waals surface area contributed by atoms with E-state index in [9.17, 15) is 0 Å². The van der Waals surface area contributed by atoms with Gasteiger partial charge in [-0.15, -0.1) is 0 Å². The molecule has 4 heteroatoms. The normalized spacial score (nSPS) is 10.9. The molecule has 96 valence electrons. The molecular weight excluding hydrogens is 280 g/mol. The topological polar surface area (TPSA) is 25.4 Å². The van der Waals surface area contributed by atoms with Crippen LogP contribution in [-0.4, -0.2) is 31.8 Å². The van der Waals surface area contributed by atoms with Crippen molar-refractivity contribution >= 4 is 21.7 Å². The third-order valence-electron chi connectivity index (χ3n) is 2.46. The van der Waals surface area contributed by atoms with Gasteiger partial charge in [0.15, 0.2) is 0 Å². The first-order valence-corrected chi connectivity index (χ1v) is 7.05. The van der Waals surface area contributed by atoms with Crippen LogP contribution in [0.4, 0.5) is 5.82 Å². The summed E-state index contributed by atoms with van der Waals surface area (Å²) in [7, 11) is 1.73. The van der Waals surface area contributed by atoms with Crippen LogP contribution >= 0.6 is 15.9 Å². The molecule has 0 atom stereocenters. The molecule has 0 aliphatic carbocycles. The highest BCUT2D eigenvalue weighted by molar-refractivity contribution is 9.08. The number of alkyl halides is 1. The summed E-state index contributed by atoms with van der Waals surface area (Å²) >= 11 is 3.51. The Morgan fingerprint density at radius 3 is 2.82 bits per heavy atom. The minimum Gasteiger partial charge on any atom is -0.383 e. The van der Waals surface area contributed by atoms with Crippen molar-refractivity contribution in [1.29, 1.82) is 0 Å². The summed E-state index contributed by atoms with van der Waals surface area (Å²) in [5.41, 5.74) is 1.23. The lowest BCUT2D eigenvalue weighted by Crippen LogP contribution is -2.32. The van der Waals surface area contributed by atoms with Crippen molar-refractivity contribution in [2.45, 2.75) is 19.2 Å². The Morgan fingerprint density at radius 1 is 1.47 bits per heavy atom. The molecule has 17 heavy (non-hydrogen) atoms. The summed E-state index contributed by atoms with van der Waals surface area (Å²) < 4.78 is 5.17. The molecule has 0 radical (unpaired) electrons. The lowest BCUT2D eigenvalue weighted by molar-refractivity contribution is 0.204. The highest BCUT2D eigenvalue weighted by Crippen LogP contribution is 2.20. The molecule has 0 unspecified atom stereocenters. The molecule has 0 aliphatic heterocycles. The molecule has 0 aliphatic rings. The van der Waals surface area contributed by atoms with Crippen LogP contribution in [0.1, 0.15) is 19.4 Å². The highest BCUT2D eigenvalue weighted by atomic mass is 79.9. The van der Waals surface area contributed by atoms with Crippen LogP contribution in [0.2, 0.25) is 0 Å². The Labute approximate surface area is 112 Å². The molecule has 0 aromatic carbocycles. The Kier molecular flexibility index (Phi) is 6.52. The maximum absolute atomic E-state index is 5.17. The van der Waals surface area contributed by atoms with Crippen molar-refractivity contribution in [3.8, 4) is 0 Å². The fourth-order valence-corrected chi connectivity index (χ4v) is 2.18. The van der Waals surface area contributed by atoms with Gasteiger partial charge in [0.2, 0.25) is 0 Å². The molecule has 1 rings (SSSR count). The zero-order valence-corrected chi connectivity index (χ0v) is 12.4. The van der Waals surface area contributed by atoms with Gasteiger partial charge >= 0.3 is 0 Å². The predicted octanol–water partition coefficient (Wildman–Crippen LogP) is 3.09. The smallest absolute Gasteiger partial charge is 0.132 e. The van der Waals surface area contributed by atoms with Crippen molar-refractivity contribution in [3.05, 3.63) is 23.9 Å². The van der Waals surface area contributed by atoms with Gasteiger partial charge in [-0.3, -0.25) is 0 Å². The van der Waals surface area contributed by atoms with Crippen LogP contribution in [0.5, 0.6) is 0 Å². The molecule has 3 nitrogen and oxygen atoms in total. The molecule has 1 aromatic rings. The number of rotatable bonds is 7. The van der Waals surface area contributed by atoms with Crippen molar-refractivity contribution in [2.75, 3.05) is 31.7 Å². The third kappa shape index (κ3) is 4.64. The quantitative estimate of drug-likeness (QED) is 0.724. The van der Waals surface area contributed by atoms with E-state index in [1.54, 1.807) is 7.11 Å². The number of nitrogens with zero attached hydrogens (tertiary/aromatic N) is 2. The number of hydrogen-bond acceptors (Lipinski definition) is 3. The van der Waals surface area contributed by atoms with E-state index in [1.165, 1.54) is 5.56 Å². The van der Waals surface area contributed by atoms with Gasteiger partial charge in [-0.1, -0.05) is 35.8 Å². The Hall–Kier alpha value is -0.610. The molecule has 0 fully saturated rings. The Morgan fingerprint density at radius 2 is 2.24 bits per heavy atom. The number of anilines is 1. The van der Waals surface area contributed by atoms with Gasteiger partial charge in [0, 0.05) is 37.3 Å². The molecule has 1 aromatic heterocycles. The molecule has 0 saturated carbocycles. The van der Waals surface area contributed by atoms with Crippen LogP contribution in [0.25, 0.3) is 0 Å². The molecule has 0 spiro atoms. The van der Waals surface area contributed by atoms with Crippen molar-refractivity contribution < 1.29 is 4.74 Å². The second kappa shape index (κ2) is 7.67. The van der Waals surface area contributed by atoms with Gasteiger partial charge in [-0.05, 0) is 12.0 Å². The largest absolute Gasteiger partial charge is 0.383 e. The number of aromatic nitrogens is 1. The Balaban J connectivity index is 2.86. The fourth-order valence-electron chi connectivity index (χ4n) is 1.75. The van der Waals surface area contributed by atoms with Crippen molar-refractivity contribution in [2.24, 2.45) is 5.92 Å². The summed E-state index contributed by atoms with van der Waals surface area (Å²) in [6.45, 7) is 7.05. The number of methoxy groups -OCH3 is 1. The van der Waals surface area contributed by atoms with E-state index in [0.29, 0.717) is 5.92 Å². The van der Waals surface area contributed by atoms with Crippen LogP contribution in [0, 0.1) is 5.92 Å². The van der Waals surface area contributed by atoms with Gasteiger partial charge < -0.3 is 9.64 Å². The zero-order valence-electron chi connectivity index (χ0n) is 10.8. The maximum Gasteiger partial charge on any atom is 0.132 e. The first-order valence-electron chi connectivity index (χ1n) is 5.92. The molecule has 0 bridgehead atoms. The van der Waals surface area contributed by atoms with Crippen molar-refractivity contribution in [3.63, 3.8) is 0 Å². The summed E-state index contributed by atoms with van der Waals surface area (Å²) in [5, 5.41) is 0.831. The van der Waals surface area contributed by atoms with Crippen LogP contribution in [0.3, 0.4) is 0 Å². The van der Waals surface area contributed by atoms with Crippen molar-refractivity contribution in [1.82, 2.24) is 4.98 Å². The van der Waals surface area contributed by atoms with Gasteiger partial charge in [-0.2, -0.15) is 0 Å².